The van der Waals surface area contributed by atoms with Crippen molar-refractivity contribution in [1.29, 1.82) is 0 Å². The molecule has 0 radical (unpaired) electrons. The van der Waals surface area contributed by atoms with Crippen molar-refractivity contribution in [3.05, 3.63) is 36.3 Å². The fourth-order valence-corrected chi connectivity index (χ4v) is 2.41. The number of hydrogen-bond donors (Lipinski definition) is 1. The van der Waals surface area contributed by atoms with Gasteiger partial charge in [-0.2, -0.15) is 0 Å². The number of carbonyl (C=O) groups is 2. The molecule has 1 aromatic rings. The summed E-state index contributed by atoms with van der Waals surface area (Å²) in [6.07, 6.45) is 3.43. The lowest BCUT2D eigenvalue weighted by Crippen LogP contribution is -2.35. The maximum absolute atomic E-state index is 12.0. The predicted octanol–water partition coefficient (Wildman–Crippen LogP) is 2.43. The third-order valence-electron chi connectivity index (χ3n) is 3.77. The third kappa shape index (κ3) is 4.21. The SMILES string of the molecule is C=CCN(CC(=O)O)C(=O)CCc1ccc(C2CC2C)o1. The highest BCUT2D eigenvalue weighted by molar-refractivity contribution is 5.81. The summed E-state index contributed by atoms with van der Waals surface area (Å²) in [7, 11) is 0. The van der Waals surface area contributed by atoms with Crippen LogP contribution < -0.4 is 0 Å². The molecule has 114 valence electrons. The molecule has 2 atom stereocenters. The molecule has 1 amide bonds. The molecule has 2 unspecified atom stereocenters. The number of carboxylic acids is 1. The van der Waals surface area contributed by atoms with Gasteiger partial charge in [0.05, 0.1) is 0 Å². The van der Waals surface area contributed by atoms with Gasteiger partial charge in [0.15, 0.2) is 0 Å². The molecular formula is C16H21NO4. The molecule has 1 heterocycles. The van der Waals surface area contributed by atoms with Crippen molar-refractivity contribution < 1.29 is 19.1 Å². The lowest BCUT2D eigenvalue weighted by molar-refractivity contribution is -0.144. The number of amides is 1. The van der Waals surface area contributed by atoms with Gasteiger partial charge in [-0.3, -0.25) is 9.59 Å². The van der Waals surface area contributed by atoms with Crippen molar-refractivity contribution in [2.75, 3.05) is 13.1 Å². The van der Waals surface area contributed by atoms with Crippen LogP contribution in [-0.2, 0) is 16.0 Å². The molecule has 21 heavy (non-hydrogen) atoms. The van der Waals surface area contributed by atoms with Crippen LogP contribution in [-0.4, -0.2) is 35.0 Å². The summed E-state index contributed by atoms with van der Waals surface area (Å²) < 4.78 is 5.74. The van der Waals surface area contributed by atoms with Crippen LogP contribution in [0.5, 0.6) is 0 Å². The van der Waals surface area contributed by atoms with E-state index in [1.165, 1.54) is 11.0 Å². The van der Waals surface area contributed by atoms with Gasteiger partial charge in [-0.15, -0.1) is 6.58 Å². The molecular weight excluding hydrogens is 270 g/mol. The lowest BCUT2D eigenvalue weighted by Gasteiger charge is -2.18. The molecule has 1 aromatic heterocycles. The number of furan rings is 1. The van der Waals surface area contributed by atoms with Crippen LogP contribution in [0.15, 0.2) is 29.2 Å². The van der Waals surface area contributed by atoms with Gasteiger partial charge in [-0.25, -0.2) is 0 Å². The van der Waals surface area contributed by atoms with E-state index in [9.17, 15) is 9.59 Å². The second kappa shape index (κ2) is 6.61. The Hall–Kier alpha value is -2.04. The molecule has 0 spiro atoms. The Kier molecular flexibility index (Phi) is 4.83. The van der Waals surface area contributed by atoms with Crippen LogP contribution in [0.1, 0.15) is 37.2 Å². The number of carbonyl (C=O) groups excluding carboxylic acids is 1. The van der Waals surface area contributed by atoms with Crippen molar-refractivity contribution in [1.82, 2.24) is 4.90 Å². The van der Waals surface area contributed by atoms with Crippen molar-refractivity contribution in [3.8, 4) is 0 Å². The van der Waals surface area contributed by atoms with E-state index in [1.54, 1.807) is 0 Å². The Morgan fingerprint density at radius 2 is 2.24 bits per heavy atom. The Balaban J connectivity index is 1.85. The van der Waals surface area contributed by atoms with Crippen LogP contribution in [0.25, 0.3) is 0 Å². The first-order chi connectivity index (χ1) is 10.0. The lowest BCUT2D eigenvalue weighted by atomic mass is 10.2. The van der Waals surface area contributed by atoms with Crippen molar-refractivity contribution >= 4 is 11.9 Å². The van der Waals surface area contributed by atoms with Crippen LogP contribution in [0.4, 0.5) is 0 Å². The van der Waals surface area contributed by atoms with Crippen LogP contribution in [0.3, 0.4) is 0 Å². The minimum absolute atomic E-state index is 0.199. The molecule has 5 nitrogen and oxygen atoms in total. The molecule has 2 rings (SSSR count). The van der Waals surface area contributed by atoms with Crippen molar-refractivity contribution in [2.24, 2.45) is 5.92 Å². The molecule has 0 bridgehead atoms. The highest BCUT2D eigenvalue weighted by atomic mass is 16.4. The fourth-order valence-electron chi connectivity index (χ4n) is 2.41. The molecule has 1 saturated carbocycles. The van der Waals surface area contributed by atoms with E-state index >= 15 is 0 Å². The average molecular weight is 291 g/mol. The summed E-state index contributed by atoms with van der Waals surface area (Å²) in [4.78, 5) is 24.0. The molecule has 5 heteroatoms. The van der Waals surface area contributed by atoms with E-state index in [2.05, 4.69) is 13.5 Å². The van der Waals surface area contributed by atoms with E-state index in [4.69, 9.17) is 9.52 Å². The maximum atomic E-state index is 12.0. The van der Waals surface area contributed by atoms with Crippen molar-refractivity contribution in [2.45, 2.75) is 32.1 Å². The standard InChI is InChI=1S/C16H21NO4/c1-3-8-17(10-16(19)20)15(18)7-5-12-4-6-14(21-12)13-9-11(13)2/h3-4,6,11,13H,1,5,7-10H2,2H3,(H,19,20). The van der Waals surface area contributed by atoms with Crippen molar-refractivity contribution in [3.63, 3.8) is 0 Å². The molecule has 1 N–H and O–H groups in total. The first kappa shape index (κ1) is 15.4. The summed E-state index contributed by atoms with van der Waals surface area (Å²) in [6, 6.07) is 3.88. The zero-order chi connectivity index (χ0) is 15.4. The van der Waals surface area contributed by atoms with Crippen LogP contribution >= 0.6 is 0 Å². The monoisotopic (exact) mass is 291 g/mol. The fraction of sp³-hybridized carbons (Fsp3) is 0.500. The van der Waals surface area contributed by atoms with Gasteiger partial charge >= 0.3 is 5.97 Å². The smallest absolute Gasteiger partial charge is 0.323 e. The van der Waals surface area contributed by atoms with Crippen LogP contribution in [0, 0.1) is 5.92 Å². The number of rotatable bonds is 8. The number of aryl methyl sites for hydroxylation is 1. The van der Waals surface area contributed by atoms with Gasteiger partial charge in [0.1, 0.15) is 18.1 Å². The average Bonchev–Trinajstić information content (AvgIpc) is 2.98. The normalized spacial score (nSPS) is 20.0. The topological polar surface area (TPSA) is 70.8 Å². The van der Waals surface area contributed by atoms with Crippen LogP contribution in [0.2, 0.25) is 0 Å². The minimum Gasteiger partial charge on any atom is -0.480 e. The number of hydrogen-bond acceptors (Lipinski definition) is 3. The van der Waals surface area contributed by atoms with E-state index in [-0.39, 0.29) is 25.4 Å². The molecule has 0 saturated heterocycles. The van der Waals surface area contributed by atoms with E-state index in [1.807, 2.05) is 12.1 Å². The van der Waals surface area contributed by atoms with Gasteiger partial charge < -0.3 is 14.4 Å². The summed E-state index contributed by atoms with van der Waals surface area (Å²) in [6.45, 7) is 5.68. The second-order valence-electron chi connectivity index (χ2n) is 5.58. The zero-order valence-electron chi connectivity index (χ0n) is 12.2. The summed E-state index contributed by atoms with van der Waals surface area (Å²) in [5.41, 5.74) is 0. The highest BCUT2D eigenvalue weighted by Gasteiger charge is 2.36. The van der Waals surface area contributed by atoms with Gasteiger partial charge in [0.2, 0.25) is 5.91 Å². The summed E-state index contributed by atoms with van der Waals surface area (Å²) >= 11 is 0. The van der Waals surface area contributed by atoms with Gasteiger partial charge in [0, 0.05) is 25.3 Å². The third-order valence-corrected chi connectivity index (χ3v) is 3.77. The Morgan fingerprint density at radius 3 is 2.81 bits per heavy atom. The van der Waals surface area contributed by atoms with Gasteiger partial charge in [-0.1, -0.05) is 13.0 Å². The Morgan fingerprint density at radius 1 is 1.52 bits per heavy atom. The summed E-state index contributed by atoms with van der Waals surface area (Å²) in [5, 5.41) is 8.79. The minimum atomic E-state index is -1.02. The quantitative estimate of drug-likeness (QED) is 0.747. The molecule has 0 aromatic carbocycles. The Bertz CT molecular complexity index is 534. The number of aliphatic carboxylic acids is 1. The van der Waals surface area contributed by atoms with E-state index < -0.39 is 5.97 Å². The maximum Gasteiger partial charge on any atom is 0.323 e. The first-order valence-electron chi connectivity index (χ1n) is 7.20. The highest BCUT2D eigenvalue weighted by Crippen LogP contribution is 2.47. The molecule has 1 fully saturated rings. The predicted molar refractivity (Wildman–Crippen MR) is 78.0 cm³/mol. The molecule has 1 aliphatic carbocycles. The molecule has 0 aliphatic heterocycles. The van der Waals surface area contributed by atoms with Gasteiger partial charge in [0.25, 0.3) is 0 Å². The molecule has 1 aliphatic rings. The Labute approximate surface area is 124 Å². The largest absolute Gasteiger partial charge is 0.480 e. The number of nitrogens with zero attached hydrogens (tertiary/aromatic N) is 1. The van der Waals surface area contributed by atoms with E-state index in [0.717, 1.165) is 17.9 Å². The first-order valence-corrected chi connectivity index (χ1v) is 7.20. The van der Waals surface area contributed by atoms with E-state index in [0.29, 0.717) is 18.3 Å². The second-order valence-corrected chi connectivity index (χ2v) is 5.58. The van der Waals surface area contributed by atoms with Gasteiger partial charge in [-0.05, 0) is 24.5 Å². The number of carboxylic acid groups (broad SMARTS) is 1. The summed E-state index contributed by atoms with van der Waals surface area (Å²) in [5.74, 6) is 1.77. The zero-order valence-corrected chi connectivity index (χ0v) is 12.2.